The molecule has 0 unspecified atom stereocenters. The molecule has 0 spiro atoms. The monoisotopic (exact) mass is 352 g/mol. The second-order valence-electron chi connectivity index (χ2n) is 6.76. The summed E-state index contributed by atoms with van der Waals surface area (Å²) in [5.41, 5.74) is 5.91. The smallest absolute Gasteiger partial charge is 0.272 e. The van der Waals surface area contributed by atoms with E-state index in [1.54, 1.807) is 9.58 Å². The molecule has 0 saturated carbocycles. The van der Waals surface area contributed by atoms with Crippen molar-refractivity contribution in [1.82, 2.24) is 14.7 Å². The molecule has 2 rings (SSSR count). The van der Waals surface area contributed by atoms with E-state index in [9.17, 15) is 9.59 Å². The molecule has 8 heteroatoms. The van der Waals surface area contributed by atoms with E-state index in [4.69, 9.17) is 15.2 Å². The predicted octanol–water partition coefficient (Wildman–Crippen LogP) is 0.759. The Labute approximate surface area is 148 Å². The van der Waals surface area contributed by atoms with Crippen molar-refractivity contribution in [3.05, 3.63) is 17.5 Å². The molecule has 0 bridgehead atoms. The number of carbonyl (C=O) groups is 2. The van der Waals surface area contributed by atoms with Crippen LogP contribution in [0.3, 0.4) is 0 Å². The second kappa shape index (κ2) is 7.97. The van der Waals surface area contributed by atoms with Crippen molar-refractivity contribution < 1.29 is 19.1 Å². The third-order valence-corrected chi connectivity index (χ3v) is 4.35. The topological polar surface area (TPSA) is 99.7 Å². The van der Waals surface area contributed by atoms with Crippen LogP contribution in [0.1, 0.15) is 49.3 Å². The molecule has 1 aliphatic heterocycles. The minimum Gasteiger partial charge on any atom is -0.382 e. The molecule has 2 heterocycles. The number of rotatable bonds is 7. The number of nitrogens with two attached hydrogens (primary N) is 1. The van der Waals surface area contributed by atoms with Gasteiger partial charge in [0.25, 0.3) is 5.91 Å². The Kier molecular flexibility index (Phi) is 6.18. The van der Waals surface area contributed by atoms with Crippen LogP contribution in [0.15, 0.2) is 6.07 Å². The molecule has 0 aliphatic carbocycles. The summed E-state index contributed by atoms with van der Waals surface area (Å²) in [6.07, 6.45) is 0.00883. The Bertz CT molecular complexity index is 624. The van der Waals surface area contributed by atoms with Crippen molar-refractivity contribution >= 4 is 11.8 Å². The molecule has 0 radical (unpaired) electrons. The van der Waals surface area contributed by atoms with E-state index < -0.39 is 11.5 Å². The van der Waals surface area contributed by atoms with Gasteiger partial charge in [0.15, 0.2) is 0 Å². The minimum atomic E-state index is -0.896. The first-order valence-electron chi connectivity index (χ1n) is 8.60. The van der Waals surface area contributed by atoms with Gasteiger partial charge in [-0.25, -0.2) is 0 Å². The third-order valence-electron chi connectivity index (χ3n) is 4.35. The lowest BCUT2D eigenvalue weighted by molar-refractivity contribution is -0.148. The summed E-state index contributed by atoms with van der Waals surface area (Å²) in [6.45, 7) is 7.90. The van der Waals surface area contributed by atoms with Gasteiger partial charge in [0.2, 0.25) is 5.91 Å². The summed E-state index contributed by atoms with van der Waals surface area (Å²) in [5, 5.41) is 4.50. The predicted molar refractivity (Wildman–Crippen MR) is 92.3 cm³/mol. The highest BCUT2D eigenvalue weighted by Crippen LogP contribution is 2.24. The van der Waals surface area contributed by atoms with Gasteiger partial charge in [-0.2, -0.15) is 5.10 Å². The fraction of sp³-hybridized carbons (Fsp3) is 0.706. The van der Waals surface area contributed by atoms with Gasteiger partial charge < -0.3 is 20.1 Å². The van der Waals surface area contributed by atoms with Crippen LogP contribution in [0, 0.1) is 0 Å². The molecule has 2 amide bonds. The lowest BCUT2D eigenvalue weighted by atomic mass is 9.97. The van der Waals surface area contributed by atoms with E-state index in [0.29, 0.717) is 25.4 Å². The number of aromatic nitrogens is 2. The number of aryl methyl sites for hydroxylation is 1. The Morgan fingerprint density at radius 3 is 2.76 bits per heavy atom. The molecule has 140 valence electrons. The van der Waals surface area contributed by atoms with E-state index in [1.807, 2.05) is 26.8 Å². The Morgan fingerprint density at radius 2 is 2.20 bits per heavy atom. The normalized spacial score (nSPS) is 20.9. The van der Waals surface area contributed by atoms with Gasteiger partial charge in [-0.1, -0.05) is 13.8 Å². The van der Waals surface area contributed by atoms with Crippen molar-refractivity contribution in [2.45, 2.75) is 45.3 Å². The van der Waals surface area contributed by atoms with Crippen LogP contribution in [-0.4, -0.2) is 65.5 Å². The van der Waals surface area contributed by atoms with Gasteiger partial charge in [-0.15, -0.1) is 0 Å². The van der Waals surface area contributed by atoms with Crippen molar-refractivity contribution in [2.24, 2.45) is 5.73 Å². The fourth-order valence-electron chi connectivity index (χ4n) is 3.14. The number of hydrogen-bond acceptors (Lipinski definition) is 5. The molecule has 1 aromatic heterocycles. The van der Waals surface area contributed by atoms with Gasteiger partial charge in [0.1, 0.15) is 11.3 Å². The number of hydrogen-bond donors (Lipinski definition) is 1. The van der Waals surface area contributed by atoms with E-state index in [2.05, 4.69) is 5.10 Å². The summed E-state index contributed by atoms with van der Waals surface area (Å²) in [4.78, 5) is 26.2. The molecule has 1 fully saturated rings. The molecule has 1 atom stereocenters. The average Bonchev–Trinajstić information content (AvgIpc) is 2.98. The highest BCUT2D eigenvalue weighted by Gasteiger charge is 2.40. The van der Waals surface area contributed by atoms with E-state index in [0.717, 1.165) is 5.69 Å². The fourth-order valence-corrected chi connectivity index (χ4v) is 3.14. The van der Waals surface area contributed by atoms with E-state index >= 15 is 0 Å². The van der Waals surface area contributed by atoms with Gasteiger partial charge in [0, 0.05) is 20.2 Å². The van der Waals surface area contributed by atoms with Crippen LogP contribution < -0.4 is 5.73 Å². The Hall–Kier alpha value is -1.93. The van der Waals surface area contributed by atoms with Crippen molar-refractivity contribution in [1.29, 1.82) is 0 Å². The van der Waals surface area contributed by atoms with Crippen molar-refractivity contribution in [3.63, 3.8) is 0 Å². The van der Waals surface area contributed by atoms with Gasteiger partial charge in [0.05, 0.1) is 31.9 Å². The number of nitrogens with zero attached hydrogens (tertiary/aromatic N) is 3. The number of amides is 2. The van der Waals surface area contributed by atoms with Crippen LogP contribution in [0.25, 0.3) is 0 Å². The molecule has 25 heavy (non-hydrogen) atoms. The summed E-state index contributed by atoms with van der Waals surface area (Å²) in [7, 11) is 1.54. The average molecular weight is 352 g/mol. The molecular weight excluding hydrogens is 324 g/mol. The molecule has 1 aromatic rings. The van der Waals surface area contributed by atoms with Crippen molar-refractivity contribution in [3.8, 4) is 0 Å². The number of methoxy groups -OCH3 is 1. The SMILES string of the molecule is CCn1nc(C(C)C)cc1C(=O)N1CCO[C@@](COC)(CC(N)=O)C1. The van der Waals surface area contributed by atoms with E-state index in [1.165, 1.54) is 7.11 Å². The Morgan fingerprint density at radius 1 is 1.48 bits per heavy atom. The minimum absolute atomic E-state index is 0.00883. The summed E-state index contributed by atoms with van der Waals surface area (Å²) < 4.78 is 12.7. The Balaban J connectivity index is 2.25. The summed E-state index contributed by atoms with van der Waals surface area (Å²) in [6, 6.07) is 1.85. The van der Waals surface area contributed by atoms with Crippen molar-refractivity contribution in [2.75, 3.05) is 33.4 Å². The van der Waals surface area contributed by atoms with Crippen LogP contribution in [-0.2, 0) is 20.8 Å². The largest absolute Gasteiger partial charge is 0.382 e. The molecule has 0 aromatic carbocycles. The van der Waals surface area contributed by atoms with Crippen LogP contribution in [0.2, 0.25) is 0 Å². The molecule has 8 nitrogen and oxygen atoms in total. The van der Waals surface area contributed by atoms with Crippen LogP contribution in [0.4, 0.5) is 0 Å². The molecule has 1 saturated heterocycles. The quantitative estimate of drug-likeness (QED) is 0.781. The number of primary amides is 1. The zero-order chi connectivity index (χ0) is 18.6. The lowest BCUT2D eigenvalue weighted by Gasteiger charge is -2.41. The highest BCUT2D eigenvalue weighted by atomic mass is 16.5. The summed E-state index contributed by atoms with van der Waals surface area (Å²) >= 11 is 0. The first-order valence-corrected chi connectivity index (χ1v) is 8.60. The first kappa shape index (κ1) is 19.4. The highest BCUT2D eigenvalue weighted by molar-refractivity contribution is 5.93. The lowest BCUT2D eigenvalue weighted by Crippen LogP contribution is -2.57. The van der Waals surface area contributed by atoms with Crippen LogP contribution in [0.5, 0.6) is 0 Å². The number of carbonyl (C=O) groups excluding carboxylic acids is 2. The summed E-state index contributed by atoms with van der Waals surface area (Å²) in [5.74, 6) is -0.354. The van der Waals surface area contributed by atoms with Gasteiger partial charge in [-0.05, 0) is 18.9 Å². The standard InChI is InChI=1S/C17H28N4O4/c1-5-21-14(8-13(19-21)12(2)3)16(23)20-6-7-25-17(10-20,11-24-4)9-15(18)22/h8,12H,5-7,9-11H2,1-4H3,(H2,18,22)/t17-/m0/s1. The first-order chi connectivity index (χ1) is 11.8. The maximum atomic E-state index is 13.0. The zero-order valence-electron chi connectivity index (χ0n) is 15.4. The maximum absolute atomic E-state index is 13.0. The van der Waals surface area contributed by atoms with Gasteiger partial charge in [-0.3, -0.25) is 14.3 Å². The second-order valence-corrected chi connectivity index (χ2v) is 6.76. The molecule has 2 N–H and O–H groups in total. The zero-order valence-corrected chi connectivity index (χ0v) is 15.4. The molecule has 1 aliphatic rings. The van der Waals surface area contributed by atoms with Gasteiger partial charge >= 0.3 is 0 Å². The van der Waals surface area contributed by atoms with E-state index in [-0.39, 0.29) is 31.4 Å². The number of ether oxygens (including phenoxy) is 2. The third kappa shape index (κ3) is 4.38. The molecular formula is C17H28N4O4. The maximum Gasteiger partial charge on any atom is 0.272 e. The number of morpholine rings is 1. The van der Waals surface area contributed by atoms with Crippen LogP contribution >= 0.6 is 0 Å².